The van der Waals surface area contributed by atoms with E-state index in [4.69, 9.17) is 5.73 Å². The number of carbonyl (C=O) groups is 1. The third kappa shape index (κ3) is 2.44. The van der Waals surface area contributed by atoms with Gasteiger partial charge in [-0.15, -0.1) is 0 Å². The van der Waals surface area contributed by atoms with E-state index in [9.17, 15) is 4.79 Å². The minimum atomic E-state index is -0.381. The summed E-state index contributed by atoms with van der Waals surface area (Å²) in [6, 6.07) is 7.31. The van der Waals surface area contributed by atoms with Crippen molar-refractivity contribution in [3.63, 3.8) is 0 Å². The van der Waals surface area contributed by atoms with Crippen molar-refractivity contribution in [2.75, 3.05) is 0 Å². The summed E-state index contributed by atoms with van der Waals surface area (Å²) in [5.41, 5.74) is 7.83. The molecule has 0 aliphatic carbocycles. The van der Waals surface area contributed by atoms with Crippen molar-refractivity contribution in [1.82, 2.24) is 0 Å². The quantitative estimate of drug-likeness (QED) is 0.735. The molecule has 0 aliphatic heterocycles. The van der Waals surface area contributed by atoms with Gasteiger partial charge in [0.2, 0.25) is 5.91 Å². The molecule has 0 fully saturated rings. The molecule has 1 aromatic carbocycles. The fourth-order valence-electron chi connectivity index (χ4n) is 1.16. The van der Waals surface area contributed by atoms with Gasteiger partial charge in [0.1, 0.15) is 0 Å². The summed E-state index contributed by atoms with van der Waals surface area (Å²) in [5, 5.41) is 0. The Morgan fingerprint density at radius 1 is 1.31 bits per heavy atom. The third-order valence-corrected chi connectivity index (χ3v) is 1.67. The summed E-state index contributed by atoms with van der Waals surface area (Å²) in [5.74, 6) is -0.381. The lowest BCUT2D eigenvalue weighted by atomic mass is 10.1. The average molecular weight is 175 g/mol. The van der Waals surface area contributed by atoms with Crippen molar-refractivity contribution in [2.45, 2.75) is 13.8 Å². The molecule has 0 radical (unpaired) electrons. The van der Waals surface area contributed by atoms with Crippen LogP contribution in [-0.4, -0.2) is 5.91 Å². The van der Waals surface area contributed by atoms with Crippen LogP contribution in [0.15, 0.2) is 29.8 Å². The molecular weight excluding hydrogens is 162 g/mol. The first-order valence-electron chi connectivity index (χ1n) is 4.15. The Hall–Kier alpha value is -1.57. The van der Waals surface area contributed by atoms with Crippen LogP contribution in [0.4, 0.5) is 0 Å². The number of rotatable bonds is 2. The molecule has 1 amide bonds. The smallest absolute Gasteiger partial charge is 0.249 e. The molecule has 0 unspecified atom stereocenters. The first-order valence-corrected chi connectivity index (χ1v) is 4.15. The maximum Gasteiger partial charge on any atom is 0.249 e. The molecular formula is C11H13NO. The van der Waals surface area contributed by atoms with E-state index in [1.807, 2.05) is 38.1 Å². The highest BCUT2D eigenvalue weighted by molar-refractivity contribution is 5.96. The number of allylic oxidation sites excluding steroid dienone is 1. The van der Waals surface area contributed by atoms with Gasteiger partial charge in [0.15, 0.2) is 0 Å². The van der Waals surface area contributed by atoms with E-state index in [1.54, 1.807) is 6.07 Å². The largest absolute Gasteiger partial charge is 0.366 e. The van der Waals surface area contributed by atoms with Crippen molar-refractivity contribution in [1.29, 1.82) is 0 Å². The molecule has 0 bridgehead atoms. The Morgan fingerprint density at radius 3 is 2.46 bits per heavy atom. The van der Waals surface area contributed by atoms with E-state index in [0.717, 1.165) is 11.1 Å². The van der Waals surface area contributed by atoms with Gasteiger partial charge in [-0.05, 0) is 25.5 Å². The molecule has 0 saturated carbocycles. The van der Waals surface area contributed by atoms with Crippen LogP contribution in [0.25, 0.3) is 6.08 Å². The number of amides is 1. The van der Waals surface area contributed by atoms with Gasteiger partial charge in [-0.3, -0.25) is 4.79 Å². The molecule has 13 heavy (non-hydrogen) atoms. The summed E-state index contributed by atoms with van der Waals surface area (Å²) in [4.78, 5) is 11.0. The molecule has 0 spiro atoms. The van der Waals surface area contributed by atoms with Crippen molar-refractivity contribution >= 4 is 12.0 Å². The molecule has 2 N–H and O–H groups in total. The second-order valence-electron chi connectivity index (χ2n) is 3.17. The molecule has 2 nitrogen and oxygen atoms in total. The number of carbonyl (C=O) groups excluding carboxylic acids is 1. The van der Waals surface area contributed by atoms with E-state index in [2.05, 4.69) is 0 Å². The van der Waals surface area contributed by atoms with Crippen LogP contribution in [0.3, 0.4) is 0 Å². The fourth-order valence-corrected chi connectivity index (χ4v) is 1.16. The lowest BCUT2D eigenvalue weighted by molar-refractivity contribution is 0.1000. The summed E-state index contributed by atoms with van der Waals surface area (Å²) in [6.07, 6.45) is 1.94. The standard InChI is InChI=1S/C11H13NO/c1-8(2)7-9-5-3-4-6-10(9)11(12)13/h3-7H,1-2H3,(H2,12,13). The van der Waals surface area contributed by atoms with Crippen molar-refractivity contribution in [3.8, 4) is 0 Å². The van der Waals surface area contributed by atoms with Crippen LogP contribution in [-0.2, 0) is 0 Å². The van der Waals surface area contributed by atoms with Crippen LogP contribution in [0.2, 0.25) is 0 Å². The highest BCUT2D eigenvalue weighted by Crippen LogP contribution is 2.11. The van der Waals surface area contributed by atoms with E-state index in [0.29, 0.717) is 5.56 Å². The van der Waals surface area contributed by atoms with Crippen molar-refractivity contribution in [2.24, 2.45) is 5.73 Å². The maximum absolute atomic E-state index is 11.0. The van der Waals surface area contributed by atoms with Gasteiger partial charge in [-0.25, -0.2) is 0 Å². The lowest BCUT2D eigenvalue weighted by Crippen LogP contribution is -2.12. The predicted molar refractivity (Wildman–Crippen MR) is 54.3 cm³/mol. The first-order chi connectivity index (χ1) is 6.11. The van der Waals surface area contributed by atoms with Gasteiger partial charge >= 0.3 is 0 Å². The van der Waals surface area contributed by atoms with Crippen molar-refractivity contribution < 1.29 is 4.79 Å². The van der Waals surface area contributed by atoms with Gasteiger partial charge in [0.25, 0.3) is 0 Å². The zero-order valence-electron chi connectivity index (χ0n) is 7.87. The van der Waals surface area contributed by atoms with Crippen LogP contribution < -0.4 is 5.73 Å². The molecule has 0 aliphatic rings. The highest BCUT2D eigenvalue weighted by Gasteiger charge is 2.03. The molecule has 1 rings (SSSR count). The summed E-state index contributed by atoms with van der Waals surface area (Å²) in [6.45, 7) is 3.97. The van der Waals surface area contributed by atoms with E-state index < -0.39 is 0 Å². The van der Waals surface area contributed by atoms with Crippen LogP contribution >= 0.6 is 0 Å². The normalized spacial score (nSPS) is 9.38. The van der Waals surface area contributed by atoms with Gasteiger partial charge in [0.05, 0.1) is 0 Å². The third-order valence-electron chi connectivity index (χ3n) is 1.67. The van der Waals surface area contributed by atoms with Gasteiger partial charge in [0, 0.05) is 5.56 Å². The first kappa shape index (κ1) is 9.52. The topological polar surface area (TPSA) is 43.1 Å². The van der Waals surface area contributed by atoms with Crippen LogP contribution in [0, 0.1) is 0 Å². The number of hydrogen-bond donors (Lipinski definition) is 1. The van der Waals surface area contributed by atoms with Gasteiger partial charge in [-0.2, -0.15) is 0 Å². The monoisotopic (exact) mass is 175 g/mol. The predicted octanol–water partition coefficient (Wildman–Crippen LogP) is 2.21. The molecule has 0 aromatic heterocycles. The molecule has 0 heterocycles. The van der Waals surface area contributed by atoms with Crippen LogP contribution in [0.5, 0.6) is 0 Å². The van der Waals surface area contributed by atoms with Gasteiger partial charge < -0.3 is 5.73 Å². The second kappa shape index (κ2) is 3.90. The zero-order chi connectivity index (χ0) is 9.84. The molecule has 1 aromatic rings. The Kier molecular flexibility index (Phi) is 2.85. The number of hydrogen-bond acceptors (Lipinski definition) is 1. The fraction of sp³-hybridized carbons (Fsp3) is 0.182. The minimum absolute atomic E-state index is 0.381. The Morgan fingerprint density at radius 2 is 1.92 bits per heavy atom. The van der Waals surface area contributed by atoms with E-state index in [-0.39, 0.29) is 5.91 Å². The zero-order valence-corrected chi connectivity index (χ0v) is 7.87. The molecule has 0 saturated heterocycles. The van der Waals surface area contributed by atoms with Crippen molar-refractivity contribution in [3.05, 3.63) is 41.0 Å². The molecule has 2 heteroatoms. The molecule has 0 atom stereocenters. The summed E-state index contributed by atoms with van der Waals surface area (Å²) >= 11 is 0. The second-order valence-corrected chi connectivity index (χ2v) is 3.17. The van der Waals surface area contributed by atoms with E-state index >= 15 is 0 Å². The summed E-state index contributed by atoms with van der Waals surface area (Å²) < 4.78 is 0. The Balaban J connectivity index is 3.20. The van der Waals surface area contributed by atoms with E-state index in [1.165, 1.54) is 0 Å². The SMILES string of the molecule is CC(C)=Cc1ccccc1C(N)=O. The Bertz CT molecular complexity index is 349. The molecule has 68 valence electrons. The van der Waals surface area contributed by atoms with Crippen LogP contribution in [0.1, 0.15) is 29.8 Å². The summed E-state index contributed by atoms with van der Waals surface area (Å²) in [7, 11) is 0. The Labute approximate surface area is 78.1 Å². The minimum Gasteiger partial charge on any atom is -0.366 e. The van der Waals surface area contributed by atoms with Gasteiger partial charge in [-0.1, -0.05) is 29.8 Å². The maximum atomic E-state index is 11.0. The number of benzene rings is 1. The average Bonchev–Trinajstić information content (AvgIpc) is 2.03. The number of nitrogens with two attached hydrogens (primary N) is 1. The number of primary amides is 1. The lowest BCUT2D eigenvalue weighted by Gasteiger charge is -2.01. The highest BCUT2D eigenvalue weighted by atomic mass is 16.1.